The molecule has 0 aromatic heterocycles. The molecule has 4 nitrogen and oxygen atoms in total. The van der Waals surface area contributed by atoms with Gasteiger partial charge >= 0.3 is 6.09 Å². The molecule has 0 aromatic rings. The van der Waals surface area contributed by atoms with E-state index >= 15 is 0 Å². The molecule has 0 radical (unpaired) electrons. The molecule has 0 N–H and O–H groups in total. The molecule has 5 heteroatoms. The van der Waals surface area contributed by atoms with Gasteiger partial charge in [0.25, 0.3) is 0 Å². The van der Waals surface area contributed by atoms with Crippen molar-refractivity contribution in [2.24, 2.45) is 0 Å². The van der Waals surface area contributed by atoms with E-state index < -0.39 is 0 Å². The maximum absolute atomic E-state index is 11.3. The third-order valence-electron chi connectivity index (χ3n) is 2.08. The van der Waals surface area contributed by atoms with Gasteiger partial charge in [0.05, 0.1) is 0 Å². The van der Waals surface area contributed by atoms with Gasteiger partial charge in [-0.3, -0.25) is 0 Å². The first-order chi connectivity index (χ1) is 6.24. The van der Waals surface area contributed by atoms with Gasteiger partial charge in [0.1, 0.15) is 6.61 Å². The van der Waals surface area contributed by atoms with E-state index in [9.17, 15) is 4.79 Å². The summed E-state index contributed by atoms with van der Waals surface area (Å²) < 4.78 is 4.96. The van der Waals surface area contributed by atoms with Crippen molar-refractivity contribution in [1.82, 2.24) is 9.80 Å². The van der Waals surface area contributed by atoms with E-state index in [1.807, 2.05) is 0 Å². The Kier molecular flexibility index (Phi) is 4.38. The van der Waals surface area contributed by atoms with Crippen LogP contribution in [-0.4, -0.2) is 61.5 Å². The van der Waals surface area contributed by atoms with E-state index in [1.54, 1.807) is 4.90 Å². The minimum Gasteiger partial charge on any atom is -0.449 e. The molecule has 0 spiro atoms. The summed E-state index contributed by atoms with van der Waals surface area (Å²) >= 11 is 3.97. The molecule has 76 valence electrons. The number of carbonyl (C=O) groups excluding carboxylic acids is 1. The molecule has 0 saturated carbocycles. The van der Waals surface area contributed by atoms with Gasteiger partial charge in [0, 0.05) is 31.9 Å². The van der Waals surface area contributed by atoms with Crippen molar-refractivity contribution in [3.63, 3.8) is 0 Å². The summed E-state index contributed by atoms with van der Waals surface area (Å²) in [5.74, 6) is 0.583. The van der Waals surface area contributed by atoms with Crippen LogP contribution in [-0.2, 0) is 4.74 Å². The lowest BCUT2D eigenvalue weighted by Crippen LogP contribution is -2.47. The molecule has 1 rings (SSSR count). The summed E-state index contributed by atoms with van der Waals surface area (Å²) in [4.78, 5) is 15.3. The topological polar surface area (TPSA) is 32.8 Å². The van der Waals surface area contributed by atoms with Gasteiger partial charge in [-0.25, -0.2) is 4.79 Å². The summed E-state index contributed by atoms with van der Waals surface area (Å²) in [6.45, 7) is 3.78. The lowest BCUT2D eigenvalue weighted by atomic mass is 10.3. The van der Waals surface area contributed by atoms with E-state index in [2.05, 4.69) is 24.6 Å². The third kappa shape index (κ3) is 3.44. The van der Waals surface area contributed by atoms with E-state index in [4.69, 9.17) is 4.74 Å². The molecule has 1 amide bonds. The molecule has 1 saturated heterocycles. The van der Waals surface area contributed by atoms with Crippen molar-refractivity contribution in [3.05, 3.63) is 0 Å². The second-order valence-corrected chi connectivity index (χ2v) is 3.58. The Morgan fingerprint density at radius 3 is 2.54 bits per heavy atom. The summed E-state index contributed by atoms with van der Waals surface area (Å²) in [5, 5.41) is 0. The predicted molar refractivity (Wildman–Crippen MR) is 54.3 cm³/mol. The number of amides is 1. The van der Waals surface area contributed by atoms with Crippen molar-refractivity contribution in [1.29, 1.82) is 0 Å². The zero-order valence-corrected chi connectivity index (χ0v) is 8.80. The summed E-state index contributed by atoms with van der Waals surface area (Å²) in [7, 11) is 2.05. The fraction of sp³-hybridized carbons (Fsp3) is 0.875. The third-order valence-corrected chi connectivity index (χ3v) is 2.26. The highest BCUT2D eigenvalue weighted by atomic mass is 32.1. The molecule has 0 aliphatic carbocycles. The molecule has 1 fully saturated rings. The highest BCUT2D eigenvalue weighted by molar-refractivity contribution is 7.80. The number of nitrogens with zero attached hydrogens (tertiary/aromatic N) is 2. The predicted octanol–water partition coefficient (Wildman–Crippen LogP) is 0.300. The fourth-order valence-electron chi connectivity index (χ4n) is 1.21. The van der Waals surface area contributed by atoms with Crippen molar-refractivity contribution >= 4 is 18.7 Å². The molecule has 1 aliphatic heterocycles. The number of likely N-dealkylation sites (N-methyl/N-ethyl adjacent to an activating group) is 1. The van der Waals surface area contributed by atoms with Crippen LogP contribution in [0.15, 0.2) is 0 Å². The first kappa shape index (κ1) is 10.7. The highest BCUT2D eigenvalue weighted by Crippen LogP contribution is 2.01. The smallest absolute Gasteiger partial charge is 0.409 e. The lowest BCUT2D eigenvalue weighted by molar-refractivity contribution is 0.0863. The molecule has 1 heterocycles. The van der Waals surface area contributed by atoms with Crippen LogP contribution < -0.4 is 0 Å². The van der Waals surface area contributed by atoms with Crippen LogP contribution in [0.5, 0.6) is 0 Å². The second-order valence-electron chi connectivity index (χ2n) is 3.13. The highest BCUT2D eigenvalue weighted by Gasteiger charge is 2.19. The molecule has 0 bridgehead atoms. The van der Waals surface area contributed by atoms with Gasteiger partial charge < -0.3 is 14.5 Å². The maximum Gasteiger partial charge on any atom is 0.409 e. The first-order valence-electron chi connectivity index (χ1n) is 4.45. The Hall–Kier alpha value is -0.420. The Labute approximate surface area is 84.2 Å². The molecule has 0 unspecified atom stereocenters. The van der Waals surface area contributed by atoms with Crippen molar-refractivity contribution in [3.8, 4) is 0 Å². The first-order valence-corrected chi connectivity index (χ1v) is 5.08. The van der Waals surface area contributed by atoms with Crippen LogP contribution in [0, 0.1) is 0 Å². The zero-order valence-electron chi connectivity index (χ0n) is 7.90. The number of thiol groups is 1. The van der Waals surface area contributed by atoms with Gasteiger partial charge in [-0.2, -0.15) is 12.6 Å². The monoisotopic (exact) mass is 204 g/mol. The van der Waals surface area contributed by atoms with Crippen LogP contribution >= 0.6 is 12.6 Å². The quantitative estimate of drug-likeness (QED) is 0.657. The second kappa shape index (κ2) is 5.34. The molecular weight excluding hydrogens is 188 g/mol. The fourth-order valence-corrected chi connectivity index (χ4v) is 1.30. The SMILES string of the molecule is CN1CCN(C(=O)OCCS)CC1. The average molecular weight is 204 g/mol. The summed E-state index contributed by atoms with van der Waals surface area (Å²) in [6, 6.07) is 0. The Bertz CT molecular complexity index is 170. The molecule has 0 atom stereocenters. The van der Waals surface area contributed by atoms with Gasteiger partial charge in [-0.15, -0.1) is 0 Å². The number of ether oxygens (including phenoxy) is 1. The van der Waals surface area contributed by atoms with Gasteiger partial charge in [-0.05, 0) is 7.05 Å². The normalized spacial score (nSPS) is 18.8. The van der Waals surface area contributed by atoms with Gasteiger partial charge in [0.2, 0.25) is 0 Å². The number of hydrogen-bond donors (Lipinski definition) is 1. The summed E-state index contributed by atoms with van der Waals surface area (Å²) in [5.41, 5.74) is 0. The minimum absolute atomic E-state index is 0.206. The summed E-state index contributed by atoms with van der Waals surface area (Å²) in [6.07, 6.45) is -0.206. The number of rotatable bonds is 2. The standard InChI is InChI=1S/C8H16N2O2S/c1-9-2-4-10(5-3-9)8(11)12-6-7-13/h13H,2-7H2,1H3. The van der Waals surface area contributed by atoms with E-state index in [0.717, 1.165) is 26.2 Å². The van der Waals surface area contributed by atoms with E-state index in [0.29, 0.717) is 12.4 Å². The Balaban J connectivity index is 2.23. The largest absolute Gasteiger partial charge is 0.449 e. The Morgan fingerprint density at radius 1 is 1.38 bits per heavy atom. The van der Waals surface area contributed by atoms with Crippen molar-refractivity contribution in [2.45, 2.75) is 0 Å². The number of piperazine rings is 1. The van der Waals surface area contributed by atoms with Crippen LogP contribution in [0.3, 0.4) is 0 Å². The van der Waals surface area contributed by atoms with Crippen LogP contribution in [0.4, 0.5) is 4.79 Å². The van der Waals surface area contributed by atoms with Crippen LogP contribution in [0.2, 0.25) is 0 Å². The van der Waals surface area contributed by atoms with E-state index in [1.165, 1.54) is 0 Å². The van der Waals surface area contributed by atoms with Crippen molar-refractivity contribution < 1.29 is 9.53 Å². The lowest BCUT2D eigenvalue weighted by Gasteiger charge is -2.31. The maximum atomic E-state index is 11.3. The number of hydrogen-bond acceptors (Lipinski definition) is 4. The number of carbonyl (C=O) groups is 1. The Morgan fingerprint density at radius 2 is 2.00 bits per heavy atom. The molecular formula is C8H16N2O2S. The molecule has 13 heavy (non-hydrogen) atoms. The molecule has 1 aliphatic rings. The van der Waals surface area contributed by atoms with Gasteiger partial charge in [-0.1, -0.05) is 0 Å². The van der Waals surface area contributed by atoms with Gasteiger partial charge in [0.15, 0.2) is 0 Å². The van der Waals surface area contributed by atoms with E-state index in [-0.39, 0.29) is 6.09 Å². The minimum atomic E-state index is -0.206. The molecule has 0 aromatic carbocycles. The zero-order chi connectivity index (χ0) is 9.68. The van der Waals surface area contributed by atoms with Crippen LogP contribution in [0.1, 0.15) is 0 Å². The van der Waals surface area contributed by atoms with Crippen LogP contribution in [0.25, 0.3) is 0 Å². The average Bonchev–Trinajstić information content (AvgIpc) is 2.15. The van der Waals surface area contributed by atoms with Crippen molar-refractivity contribution in [2.75, 3.05) is 45.6 Å².